The summed E-state index contributed by atoms with van der Waals surface area (Å²) in [6.07, 6.45) is 2.51. The largest absolute Gasteiger partial charge is 0.323 e. The minimum atomic E-state index is -0.122. The van der Waals surface area contributed by atoms with Crippen LogP contribution in [0.2, 0.25) is 5.02 Å². The topological polar surface area (TPSA) is 29.9 Å². The molecule has 102 valence electrons. The van der Waals surface area contributed by atoms with E-state index in [0.717, 1.165) is 22.9 Å². The van der Waals surface area contributed by atoms with E-state index in [9.17, 15) is 0 Å². The number of nitrogens with zero attached hydrogens (tertiary/aromatic N) is 2. The van der Waals surface area contributed by atoms with Crippen molar-refractivity contribution in [2.24, 2.45) is 0 Å². The van der Waals surface area contributed by atoms with E-state index in [1.165, 1.54) is 18.4 Å². The lowest BCUT2D eigenvalue weighted by molar-refractivity contribution is 0.376. The highest BCUT2D eigenvalue weighted by atomic mass is 35.5. The zero-order valence-corrected chi connectivity index (χ0v) is 12.5. The summed E-state index contributed by atoms with van der Waals surface area (Å²) in [4.78, 5) is 4.84. The molecule has 4 heteroatoms. The lowest BCUT2D eigenvalue weighted by Crippen LogP contribution is -2.38. The molecule has 0 aliphatic heterocycles. The van der Waals surface area contributed by atoms with Gasteiger partial charge in [0.25, 0.3) is 0 Å². The molecule has 1 saturated carbocycles. The van der Waals surface area contributed by atoms with E-state index < -0.39 is 0 Å². The molecule has 19 heavy (non-hydrogen) atoms. The lowest BCUT2D eigenvalue weighted by Gasteiger charge is -2.26. The highest BCUT2D eigenvalue weighted by Gasteiger charge is 2.34. The van der Waals surface area contributed by atoms with Crippen molar-refractivity contribution in [2.45, 2.75) is 45.2 Å². The third kappa shape index (κ3) is 2.26. The molecule has 0 radical (unpaired) electrons. The molecule has 0 bridgehead atoms. The van der Waals surface area contributed by atoms with Gasteiger partial charge in [0.05, 0.1) is 16.6 Å². The number of imidazole rings is 1. The SMILES string of the molecule is CCNC(C)(C)c1nc2cc(Cl)ccc2n1C1CC1. The maximum absolute atomic E-state index is 6.09. The van der Waals surface area contributed by atoms with Gasteiger partial charge in [0.2, 0.25) is 0 Å². The second-order valence-electron chi connectivity index (χ2n) is 5.82. The Balaban J connectivity index is 2.20. The Labute approximate surface area is 119 Å². The van der Waals surface area contributed by atoms with Crippen LogP contribution in [-0.2, 0) is 5.54 Å². The molecule has 1 aromatic carbocycles. The van der Waals surface area contributed by atoms with Crippen LogP contribution in [-0.4, -0.2) is 16.1 Å². The van der Waals surface area contributed by atoms with E-state index in [2.05, 4.69) is 36.7 Å². The average molecular weight is 278 g/mol. The van der Waals surface area contributed by atoms with Crippen molar-refractivity contribution in [1.29, 1.82) is 0 Å². The van der Waals surface area contributed by atoms with Gasteiger partial charge in [-0.2, -0.15) is 0 Å². The normalized spacial score (nSPS) is 16.2. The smallest absolute Gasteiger partial charge is 0.129 e. The van der Waals surface area contributed by atoms with E-state index >= 15 is 0 Å². The fraction of sp³-hybridized carbons (Fsp3) is 0.533. The van der Waals surface area contributed by atoms with Crippen molar-refractivity contribution < 1.29 is 0 Å². The molecule has 0 spiro atoms. The first-order chi connectivity index (χ1) is 9.03. The molecular weight excluding hydrogens is 258 g/mol. The van der Waals surface area contributed by atoms with Gasteiger partial charge >= 0.3 is 0 Å². The highest BCUT2D eigenvalue weighted by molar-refractivity contribution is 6.31. The number of fused-ring (bicyclic) bond motifs is 1. The summed E-state index contributed by atoms with van der Waals surface area (Å²) in [5.41, 5.74) is 2.08. The minimum absolute atomic E-state index is 0.122. The monoisotopic (exact) mass is 277 g/mol. The number of nitrogens with one attached hydrogen (secondary N) is 1. The molecule has 3 nitrogen and oxygen atoms in total. The van der Waals surface area contributed by atoms with Gasteiger partial charge in [0.15, 0.2) is 0 Å². The van der Waals surface area contributed by atoms with Crippen molar-refractivity contribution >= 4 is 22.6 Å². The molecule has 1 fully saturated rings. The van der Waals surface area contributed by atoms with Crippen LogP contribution in [0.4, 0.5) is 0 Å². The molecule has 3 rings (SSSR count). The molecule has 1 aromatic heterocycles. The summed E-state index contributed by atoms with van der Waals surface area (Å²) in [5.74, 6) is 1.12. The van der Waals surface area contributed by atoms with Crippen LogP contribution >= 0.6 is 11.6 Å². The Bertz CT molecular complexity index is 611. The van der Waals surface area contributed by atoms with Crippen LogP contribution in [0.3, 0.4) is 0 Å². The van der Waals surface area contributed by atoms with Crippen molar-refractivity contribution in [3.63, 3.8) is 0 Å². The van der Waals surface area contributed by atoms with Gasteiger partial charge in [-0.1, -0.05) is 18.5 Å². The molecule has 1 N–H and O–H groups in total. The molecule has 1 aliphatic carbocycles. The molecule has 0 atom stereocenters. The van der Waals surface area contributed by atoms with Crippen LogP contribution < -0.4 is 5.32 Å². The van der Waals surface area contributed by atoms with E-state index in [1.807, 2.05) is 12.1 Å². The third-order valence-electron chi connectivity index (χ3n) is 3.74. The first-order valence-electron chi connectivity index (χ1n) is 6.96. The van der Waals surface area contributed by atoms with Gasteiger partial charge in [-0.05, 0) is 51.4 Å². The number of halogens is 1. The Morgan fingerprint density at radius 1 is 1.42 bits per heavy atom. The zero-order valence-electron chi connectivity index (χ0n) is 11.7. The molecule has 2 aromatic rings. The number of hydrogen-bond donors (Lipinski definition) is 1. The second kappa shape index (κ2) is 4.50. The maximum Gasteiger partial charge on any atom is 0.129 e. The Hall–Kier alpha value is -1.06. The third-order valence-corrected chi connectivity index (χ3v) is 3.98. The Kier molecular flexibility index (Phi) is 3.06. The van der Waals surface area contributed by atoms with Gasteiger partial charge in [0.1, 0.15) is 5.82 Å². The molecule has 1 heterocycles. The molecule has 0 unspecified atom stereocenters. The fourth-order valence-electron chi connectivity index (χ4n) is 2.74. The first kappa shape index (κ1) is 12.9. The Morgan fingerprint density at radius 3 is 2.79 bits per heavy atom. The molecular formula is C15H20ClN3. The van der Waals surface area contributed by atoms with E-state index in [0.29, 0.717) is 6.04 Å². The van der Waals surface area contributed by atoms with Gasteiger partial charge in [-0.25, -0.2) is 4.98 Å². The number of hydrogen-bond acceptors (Lipinski definition) is 2. The van der Waals surface area contributed by atoms with Crippen molar-refractivity contribution in [3.8, 4) is 0 Å². The maximum atomic E-state index is 6.09. The number of aromatic nitrogens is 2. The summed E-state index contributed by atoms with van der Waals surface area (Å²) in [7, 11) is 0. The van der Waals surface area contributed by atoms with Crippen LogP contribution in [0.15, 0.2) is 18.2 Å². The van der Waals surface area contributed by atoms with E-state index in [1.54, 1.807) is 0 Å². The zero-order chi connectivity index (χ0) is 13.6. The summed E-state index contributed by atoms with van der Waals surface area (Å²) in [6.45, 7) is 7.45. The summed E-state index contributed by atoms with van der Waals surface area (Å²) in [5, 5.41) is 4.27. The quantitative estimate of drug-likeness (QED) is 0.919. The summed E-state index contributed by atoms with van der Waals surface area (Å²) in [6, 6.07) is 6.61. The van der Waals surface area contributed by atoms with E-state index in [4.69, 9.17) is 16.6 Å². The van der Waals surface area contributed by atoms with Crippen LogP contribution in [0, 0.1) is 0 Å². The van der Waals surface area contributed by atoms with E-state index in [-0.39, 0.29) is 5.54 Å². The predicted molar refractivity (Wildman–Crippen MR) is 79.7 cm³/mol. The summed E-state index contributed by atoms with van der Waals surface area (Å²) < 4.78 is 2.40. The van der Waals surface area contributed by atoms with Gasteiger partial charge in [-0.3, -0.25) is 0 Å². The first-order valence-corrected chi connectivity index (χ1v) is 7.33. The standard InChI is InChI=1S/C15H20ClN3/c1-4-17-15(2,3)14-18-12-9-10(16)5-8-13(12)19(14)11-6-7-11/h5,8-9,11,17H,4,6-7H2,1-3H3. The van der Waals surface area contributed by atoms with Gasteiger partial charge in [0, 0.05) is 11.1 Å². The fourth-order valence-corrected chi connectivity index (χ4v) is 2.90. The van der Waals surface area contributed by atoms with Crippen molar-refractivity contribution in [2.75, 3.05) is 6.54 Å². The predicted octanol–water partition coefficient (Wildman–Crippen LogP) is 3.87. The van der Waals surface area contributed by atoms with Crippen LogP contribution in [0.5, 0.6) is 0 Å². The highest BCUT2D eigenvalue weighted by Crippen LogP contribution is 2.41. The number of benzene rings is 1. The molecule has 0 amide bonds. The second-order valence-corrected chi connectivity index (χ2v) is 6.26. The van der Waals surface area contributed by atoms with Gasteiger partial charge < -0.3 is 9.88 Å². The van der Waals surface area contributed by atoms with Crippen LogP contribution in [0.1, 0.15) is 45.5 Å². The lowest BCUT2D eigenvalue weighted by atomic mass is 10.0. The minimum Gasteiger partial charge on any atom is -0.323 e. The van der Waals surface area contributed by atoms with Crippen molar-refractivity contribution in [1.82, 2.24) is 14.9 Å². The van der Waals surface area contributed by atoms with Crippen LogP contribution in [0.25, 0.3) is 11.0 Å². The summed E-state index contributed by atoms with van der Waals surface area (Å²) >= 11 is 6.09. The average Bonchev–Trinajstić information content (AvgIpc) is 3.09. The Morgan fingerprint density at radius 2 is 2.16 bits per heavy atom. The molecule has 1 aliphatic rings. The molecule has 0 saturated heterocycles. The number of rotatable bonds is 4. The van der Waals surface area contributed by atoms with Crippen molar-refractivity contribution in [3.05, 3.63) is 29.0 Å². The van der Waals surface area contributed by atoms with Gasteiger partial charge in [-0.15, -0.1) is 0 Å².